The fraction of sp³-hybridized carbons (Fsp3) is 0.231. The van der Waals surface area contributed by atoms with Crippen LogP contribution in [-0.2, 0) is 0 Å². The molecule has 13 heavy (non-hydrogen) atoms. The summed E-state index contributed by atoms with van der Waals surface area (Å²) in [6, 6.07) is 0. The Kier molecular flexibility index (Phi) is 8.14. The van der Waals surface area contributed by atoms with Crippen LogP contribution in [0.25, 0.3) is 0 Å². The normalized spacial score (nSPS) is 4.46. The first-order valence-corrected chi connectivity index (χ1v) is 3.81. The maximum atomic E-state index is 2.81. The van der Waals surface area contributed by atoms with Crippen LogP contribution in [0.5, 0.6) is 0 Å². The summed E-state index contributed by atoms with van der Waals surface area (Å²) in [5.74, 6) is 26.0. The van der Waals surface area contributed by atoms with Crippen molar-refractivity contribution in [2.75, 3.05) is 0 Å². The van der Waals surface area contributed by atoms with Crippen molar-refractivity contribution in [3.05, 3.63) is 0 Å². The molecule has 0 bridgehead atoms. The van der Waals surface area contributed by atoms with Gasteiger partial charge in [0.2, 0.25) is 0 Å². The molecule has 0 atom stereocenters. The van der Waals surface area contributed by atoms with Crippen molar-refractivity contribution in [3.63, 3.8) is 0 Å². The lowest BCUT2D eigenvalue weighted by atomic mass is 10.4. The quantitative estimate of drug-likeness (QED) is 0.475. The first-order chi connectivity index (χ1) is 6.41. The van der Waals surface area contributed by atoms with Crippen molar-refractivity contribution in [1.82, 2.24) is 0 Å². The summed E-state index contributed by atoms with van der Waals surface area (Å²) in [6.07, 6.45) is 0.813. The van der Waals surface area contributed by atoms with E-state index in [0.29, 0.717) is 0 Å². The van der Waals surface area contributed by atoms with Gasteiger partial charge in [0.1, 0.15) is 0 Å². The molecule has 0 aliphatic heterocycles. The molecule has 0 aliphatic rings. The average Bonchev–Trinajstić information content (AvgIpc) is 2.16. The zero-order valence-corrected chi connectivity index (χ0v) is 7.71. The van der Waals surface area contributed by atoms with E-state index in [4.69, 9.17) is 0 Å². The molecule has 0 saturated heterocycles. The van der Waals surface area contributed by atoms with E-state index in [9.17, 15) is 0 Å². The Morgan fingerprint density at radius 2 is 1.15 bits per heavy atom. The highest BCUT2D eigenvalue weighted by Crippen LogP contribution is 1.64. The Labute approximate surface area is 80.1 Å². The van der Waals surface area contributed by atoms with E-state index in [1.807, 2.05) is 6.92 Å². The van der Waals surface area contributed by atoms with Crippen LogP contribution in [0.2, 0.25) is 0 Å². The van der Waals surface area contributed by atoms with Crippen LogP contribution in [0.15, 0.2) is 0 Å². The Bertz CT molecular complexity index is 437. The molecule has 0 aliphatic carbocycles. The third kappa shape index (κ3) is 9.80. The van der Waals surface area contributed by atoms with Crippen molar-refractivity contribution < 1.29 is 0 Å². The minimum Gasteiger partial charge on any atom is -0.0925 e. The van der Waals surface area contributed by atoms with E-state index in [1.54, 1.807) is 6.92 Å². The zero-order valence-electron chi connectivity index (χ0n) is 7.71. The molecule has 0 amide bonds. The molecule has 0 fully saturated rings. The Morgan fingerprint density at radius 1 is 0.692 bits per heavy atom. The summed E-state index contributed by atoms with van der Waals surface area (Å²) in [6.45, 7) is 3.69. The highest BCUT2D eigenvalue weighted by molar-refractivity contribution is 5.42. The van der Waals surface area contributed by atoms with E-state index in [0.717, 1.165) is 6.42 Å². The third-order valence-corrected chi connectivity index (χ3v) is 0.828. The molecule has 0 aromatic rings. The summed E-state index contributed by atoms with van der Waals surface area (Å²) in [7, 11) is 0. The second kappa shape index (κ2) is 9.80. The molecule has 0 heterocycles. The summed E-state index contributed by atoms with van der Waals surface area (Å²) < 4.78 is 0. The van der Waals surface area contributed by atoms with E-state index in [-0.39, 0.29) is 0 Å². The third-order valence-electron chi connectivity index (χ3n) is 0.828. The molecule has 0 unspecified atom stereocenters. The molecule has 0 rings (SSSR count). The van der Waals surface area contributed by atoms with Gasteiger partial charge in [-0.1, -0.05) is 18.8 Å². The monoisotopic (exact) mass is 164 g/mol. The van der Waals surface area contributed by atoms with E-state index in [1.165, 1.54) is 0 Å². The Balaban J connectivity index is 4.04. The van der Waals surface area contributed by atoms with Crippen LogP contribution >= 0.6 is 0 Å². The molecular formula is C13H8. The van der Waals surface area contributed by atoms with Crippen molar-refractivity contribution in [3.8, 4) is 59.2 Å². The summed E-state index contributed by atoms with van der Waals surface area (Å²) in [4.78, 5) is 0. The standard InChI is InChI=1S/C13H8/c1-3-5-7-9-11-13-12-10-8-6-4-2/h3H2,1-2H3. The van der Waals surface area contributed by atoms with Gasteiger partial charge >= 0.3 is 0 Å². The van der Waals surface area contributed by atoms with E-state index >= 15 is 0 Å². The molecule has 0 N–H and O–H groups in total. The van der Waals surface area contributed by atoms with Crippen LogP contribution in [-0.4, -0.2) is 0 Å². The topological polar surface area (TPSA) is 0 Å². The second-order valence-electron chi connectivity index (χ2n) is 1.78. The number of hydrogen-bond donors (Lipinski definition) is 0. The van der Waals surface area contributed by atoms with E-state index < -0.39 is 0 Å². The smallest absolute Gasteiger partial charge is 0.00704 e. The van der Waals surface area contributed by atoms with Gasteiger partial charge in [0.05, 0.1) is 0 Å². The van der Waals surface area contributed by atoms with Crippen molar-refractivity contribution in [2.45, 2.75) is 20.3 Å². The lowest BCUT2D eigenvalue weighted by molar-refractivity contribution is 1.28. The van der Waals surface area contributed by atoms with Crippen LogP contribution in [0.1, 0.15) is 20.3 Å². The lowest BCUT2D eigenvalue weighted by Crippen LogP contribution is -1.55. The van der Waals surface area contributed by atoms with Gasteiger partial charge in [0.25, 0.3) is 0 Å². The molecular weight excluding hydrogens is 156 g/mol. The zero-order chi connectivity index (χ0) is 9.78. The minimum atomic E-state index is 0.813. The predicted octanol–water partition coefficient (Wildman–Crippen LogP) is 1.43. The van der Waals surface area contributed by atoms with Crippen LogP contribution in [0.4, 0.5) is 0 Å². The molecule has 0 heteroatoms. The van der Waals surface area contributed by atoms with Gasteiger partial charge < -0.3 is 0 Å². The largest absolute Gasteiger partial charge is 0.0925 e. The number of rotatable bonds is 0. The van der Waals surface area contributed by atoms with Gasteiger partial charge in [-0.05, 0) is 54.3 Å². The maximum absolute atomic E-state index is 2.81. The summed E-state index contributed by atoms with van der Waals surface area (Å²) >= 11 is 0. The molecule has 0 aromatic carbocycles. The minimum absolute atomic E-state index is 0.813. The van der Waals surface area contributed by atoms with Crippen molar-refractivity contribution >= 4 is 0 Å². The number of hydrogen-bond acceptors (Lipinski definition) is 0. The van der Waals surface area contributed by atoms with Crippen molar-refractivity contribution in [2.24, 2.45) is 0 Å². The molecule has 0 saturated carbocycles. The average molecular weight is 164 g/mol. The second-order valence-corrected chi connectivity index (χ2v) is 1.78. The van der Waals surface area contributed by atoms with Gasteiger partial charge in [0, 0.05) is 6.42 Å². The van der Waals surface area contributed by atoms with Gasteiger partial charge in [-0.3, -0.25) is 0 Å². The van der Waals surface area contributed by atoms with Gasteiger partial charge in [-0.2, -0.15) is 0 Å². The first-order valence-electron chi connectivity index (χ1n) is 3.81. The Hall–Kier alpha value is -2.20. The van der Waals surface area contributed by atoms with Gasteiger partial charge in [0.15, 0.2) is 0 Å². The van der Waals surface area contributed by atoms with E-state index in [2.05, 4.69) is 59.2 Å². The fourth-order valence-corrected chi connectivity index (χ4v) is 0.383. The highest BCUT2D eigenvalue weighted by Gasteiger charge is 1.57. The summed E-state index contributed by atoms with van der Waals surface area (Å²) in [5, 5.41) is 0. The SMILES string of the molecule is CC#CC#CC#CC#CC#CCC. The molecule has 0 nitrogen and oxygen atoms in total. The lowest BCUT2D eigenvalue weighted by Gasteiger charge is -1.60. The van der Waals surface area contributed by atoms with Crippen LogP contribution < -0.4 is 0 Å². The van der Waals surface area contributed by atoms with Gasteiger partial charge in [-0.15, -0.1) is 0 Å². The summed E-state index contributed by atoms with van der Waals surface area (Å²) in [5.41, 5.74) is 0. The molecule has 0 spiro atoms. The van der Waals surface area contributed by atoms with Crippen LogP contribution in [0.3, 0.4) is 0 Å². The highest BCUT2D eigenvalue weighted by atomic mass is 13.6. The first kappa shape index (κ1) is 10.8. The maximum Gasteiger partial charge on any atom is 0.00704 e. The fourth-order valence-electron chi connectivity index (χ4n) is 0.383. The predicted molar refractivity (Wildman–Crippen MR) is 54.8 cm³/mol. The van der Waals surface area contributed by atoms with Crippen LogP contribution in [0, 0.1) is 59.2 Å². The molecule has 60 valence electrons. The Morgan fingerprint density at radius 3 is 1.62 bits per heavy atom. The molecule has 0 radical (unpaired) electrons. The van der Waals surface area contributed by atoms with Gasteiger partial charge in [-0.25, -0.2) is 0 Å². The van der Waals surface area contributed by atoms with Crippen molar-refractivity contribution in [1.29, 1.82) is 0 Å². The molecule has 0 aromatic heterocycles.